The average Bonchev–Trinajstić information content (AvgIpc) is 2.78. The van der Waals surface area contributed by atoms with Crippen molar-refractivity contribution in [3.8, 4) is 5.75 Å². The molecule has 1 saturated heterocycles. The lowest BCUT2D eigenvalue weighted by molar-refractivity contribution is 0.177. The zero-order valence-electron chi connectivity index (χ0n) is 12.2. The van der Waals surface area contributed by atoms with E-state index in [4.69, 9.17) is 16.3 Å². The Bertz CT molecular complexity index is 391. The van der Waals surface area contributed by atoms with Gasteiger partial charge in [0.15, 0.2) is 0 Å². The molecule has 0 bridgehead atoms. The van der Waals surface area contributed by atoms with Gasteiger partial charge in [0.25, 0.3) is 0 Å². The molecule has 0 radical (unpaired) electrons. The first-order valence-corrected chi connectivity index (χ1v) is 7.23. The maximum absolute atomic E-state index is 5.84. The van der Waals surface area contributed by atoms with Gasteiger partial charge in [-0.3, -0.25) is 0 Å². The molecule has 0 aliphatic carbocycles. The van der Waals surface area contributed by atoms with Crippen molar-refractivity contribution >= 4 is 24.0 Å². The van der Waals surface area contributed by atoms with Gasteiger partial charge >= 0.3 is 0 Å². The number of nitrogens with one attached hydrogen (secondary N) is 1. The zero-order valence-corrected chi connectivity index (χ0v) is 13.8. The predicted octanol–water partition coefficient (Wildman–Crippen LogP) is 3.07. The van der Waals surface area contributed by atoms with E-state index in [0.717, 1.165) is 37.0 Å². The monoisotopic (exact) mass is 318 g/mol. The van der Waals surface area contributed by atoms with E-state index in [1.54, 1.807) is 0 Å². The lowest BCUT2D eigenvalue weighted by Crippen LogP contribution is -2.37. The molecule has 0 amide bonds. The summed E-state index contributed by atoms with van der Waals surface area (Å²) in [5.41, 5.74) is 0.412. The first-order valence-electron chi connectivity index (χ1n) is 6.85. The fourth-order valence-corrected chi connectivity index (χ4v) is 2.71. The highest BCUT2D eigenvalue weighted by molar-refractivity contribution is 6.30. The second kappa shape index (κ2) is 8.08. The highest BCUT2D eigenvalue weighted by Gasteiger charge is 2.29. The molecule has 114 valence electrons. The highest BCUT2D eigenvalue weighted by Crippen LogP contribution is 2.25. The van der Waals surface area contributed by atoms with Crippen molar-refractivity contribution in [3.05, 3.63) is 29.3 Å². The summed E-state index contributed by atoms with van der Waals surface area (Å²) in [6.45, 7) is 7.38. The van der Waals surface area contributed by atoms with E-state index in [1.165, 1.54) is 6.42 Å². The Morgan fingerprint density at radius 1 is 1.35 bits per heavy atom. The van der Waals surface area contributed by atoms with Crippen LogP contribution < -0.4 is 10.1 Å². The van der Waals surface area contributed by atoms with Crippen LogP contribution in [0.2, 0.25) is 5.02 Å². The van der Waals surface area contributed by atoms with Crippen LogP contribution in [-0.2, 0) is 0 Å². The maximum Gasteiger partial charge on any atom is 0.119 e. The number of ether oxygens (including phenoxy) is 1. The summed E-state index contributed by atoms with van der Waals surface area (Å²) in [4.78, 5) is 2.35. The Balaban J connectivity index is 0.00000200. The standard InChI is InChI=1S/C15H23ClN2O.ClH/c1-15(7-8-17-11-15)12-18(2)9-10-19-14-5-3-13(16)4-6-14;/h3-6,17H,7-12H2,1-2H3;1H. The minimum absolute atomic E-state index is 0. The van der Waals surface area contributed by atoms with Crippen molar-refractivity contribution in [1.82, 2.24) is 10.2 Å². The van der Waals surface area contributed by atoms with Crippen LogP contribution in [0, 0.1) is 5.41 Å². The summed E-state index contributed by atoms with van der Waals surface area (Å²) in [5.74, 6) is 0.881. The van der Waals surface area contributed by atoms with Gasteiger partial charge in [0.2, 0.25) is 0 Å². The molecule has 1 unspecified atom stereocenters. The van der Waals surface area contributed by atoms with Gasteiger partial charge in [-0.2, -0.15) is 0 Å². The molecule has 2 rings (SSSR count). The van der Waals surface area contributed by atoms with Crippen LogP contribution in [0.15, 0.2) is 24.3 Å². The van der Waals surface area contributed by atoms with Crippen LogP contribution in [0.4, 0.5) is 0 Å². The largest absolute Gasteiger partial charge is 0.492 e. The van der Waals surface area contributed by atoms with E-state index in [0.29, 0.717) is 12.0 Å². The van der Waals surface area contributed by atoms with Gasteiger partial charge in [0, 0.05) is 24.7 Å². The van der Waals surface area contributed by atoms with Gasteiger partial charge in [-0.25, -0.2) is 0 Å². The van der Waals surface area contributed by atoms with Gasteiger partial charge in [-0.05, 0) is 49.7 Å². The zero-order chi connectivity index (χ0) is 13.7. The highest BCUT2D eigenvalue weighted by atomic mass is 35.5. The number of nitrogens with zero attached hydrogens (tertiary/aromatic N) is 1. The lowest BCUT2D eigenvalue weighted by Gasteiger charge is -2.29. The fraction of sp³-hybridized carbons (Fsp3) is 0.600. The van der Waals surface area contributed by atoms with E-state index >= 15 is 0 Å². The number of hydrogen-bond donors (Lipinski definition) is 1. The van der Waals surface area contributed by atoms with Gasteiger partial charge < -0.3 is 15.0 Å². The Kier molecular flexibility index (Phi) is 7.10. The molecule has 1 heterocycles. The summed E-state index contributed by atoms with van der Waals surface area (Å²) in [6, 6.07) is 7.52. The molecule has 1 atom stereocenters. The first kappa shape index (κ1) is 17.6. The summed E-state index contributed by atoms with van der Waals surface area (Å²) < 4.78 is 5.71. The number of halogens is 2. The summed E-state index contributed by atoms with van der Waals surface area (Å²) >= 11 is 5.84. The number of benzene rings is 1. The van der Waals surface area contributed by atoms with Crippen LogP contribution in [0.25, 0.3) is 0 Å². The van der Waals surface area contributed by atoms with Crippen LogP contribution in [0.5, 0.6) is 5.75 Å². The van der Waals surface area contributed by atoms with Crippen molar-refractivity contribution < 1.29 is 4.74 Å². The van der Waals surface area contributed by atoms with Crippen molar-refractivity contribution in [3.63, 3.8) is 0 Å². The molecule has 1 fully saturated rings. The topological polar surface area (TPSA) is 24.5 Å². The summed E-state index contributed by atoms with van der Waals surface area (Å²) in [7, 11) is 2.16. The van der Waals surface area contributed by atoms with Crippen molar-refractivity contribution in [1.29, 1.82) is 0 Å². The van der Waals surface area contributed by atoms with Crippen LogP contribution in [0.1, 0.15) is 13.3 Å². The third kappa shape index (κ3) is 5.49. The molecule has 0 saturated carbocycles. The normalized spacial score (nSPS) is 21.8. The molecule has 1 aliphatic rings. The van der Waals surface area contributed by atoms with Gasteiger partial charge in [-0.15, -0.1) is 12.4 Å². The molecule has 5 heteroatoms. The fourth-order valence-electron chi connectivity index (χ4n) is 2.58. The van der Waals surface area contributed by atoms with E-state index in [9.17, 15) is 0 Å². The Morgan fingerprint density at radius 3 is 2.65 bits per heavy atom. The second-order valence-corrected chi connectivity index (χ2v) is 6.21. The van der Waals surface area contributed by atoms with Gasteiger partial charge in [0.1, 0.15) is 12.4 Å². The van der Waals surface area contributed by atoms with Crippen molar-refractivity contribution in [2.45, 2.75) is 13.3 Å². The SMILES string of the molecule is CN(CCOc1ccc(Cl)cc1)CC1(C)CCNC1.Cl. The molecule has 0 spiro atoms. The minimum atomic E-state index is 0. The molecular weight excluding hydrogens is 295 g/mol. The molecule has 1 N–H and O–H groups in total. The molecule has 1 aromatic rings. The van der Waals surface area contributed by atoms with Crippen LogP contribution in [-0.4, -0.2) is 44.7 Å². The number of rotatable bonds is 6. The maximum atomic E-state index is 5.84. The number of likely N-dealkylation sites (N-methyl/N-ethyl adjacent to an activating group) is 1. The van der Waals surface area contributed by atoms with Gasteiger partial charge in [-0.1, -0.05) is 18.5 Å². The van der Waals surface area contributed by atoms with E-state index in [1.807, 2.05) is 24.3 Å². The average molecular weight is 319 g/mol. The molecule has 1 aromatic carbocycles. The molecule has 20 heavy (non-hydrogen) atoms. The number of hydrogen-bond acceptors (Lipinski definition) is 3. The van der Waals surface area contributed by atoms with Crippen molar-refractivity contribution in [2.24, 2.45) is 5.41 Å². The lowest BCUT2D eigenvalue weighted by atomic mass is 9.89. The minimum Gasteiger partial charge on any atom is -0.492 e. The van der Waals surface area contributed by atoms with E-state index in [2.05, 4.69) is 24.2 Å². The molecule has 1 aliphatic heterocycles. The van der Waals surface area contributed by atoms with E-state index in [-0.39, 0.29) is 12.4 Å². The molecule has 0 aromatic heterocycles. The summed E-state index contributed by atoms with van der Waals surface area (Å²) in [6.07, 6.45) is 1.26. The van der Waals surface area contributed by atoms with Crippen molar-refractivity contribution in [2.75, 3.05) is 39.8 Å². The first-order chi connectivity index (χ1) is 9.07. The second-order valence-electron chi connectivity index (χ2n) is 5.78. The quantitative estimate of drug-likeness (QED) is 0.872. The predicted molar refractivity (Wildman–Crippen MR) is 87.3 cm³/mol. The third-order valence-electron chi connectivity index (χ3n) is 3.66. The Labute approximate surface area is 133 Å². The summed E-state index contributed by atoms with van der Waals surface area (Å²) in [5, 5.41) is 4.18. The smallest absolute Gasteiger partial charge is 0.119 e. The Morgan fingerprint density at radius 2 is 2.05 bits per heavy atom. The Hall–Kier alpha value is -0.480. The van der Waals surface area contributed by atoms with Gasteiger partial charge in [0.05, 0.1) is 0 Å². The third-order valence-corrected chi connectivity index (χ3v) is 3.92. The molecule has 3 nitrogen and oxygen atoms in total. The van der Waals surface area contributed by atoms with Crippen LogP contribution >= 0.6 is 24.0 Å². The molecular formula is C15H24Cl2N2O. The van der Waals surface area contributed by atoms with E-state index < -0.39 is 0 Å². The van der Waals surface area contributed by atoms with Crippen LogP contribution in [0.3, 0.4) is 0 Å².